The summed E-state index contributed by atoms with van der Waals surface area (Å²) in [6, 6.07) is 7.01. The number of ether oxygens (including phenoxy) is 1. The van der Waals surface area contributed by atoms with Crippen molar-refractivity contribution in [2.24, 2.45) is 0 Å². The lowest BCUT2D eigenvalue weighted by Gasteiger charge is -2.08. The van der Waals surface area contributed by atoms with Gasteiger partial charge in [-0.3, -0.25) is 4.68 Å². The Kier molecular flexibility index (Phi) is 7.54. The van der Waals surface area contributed by atoms with Crippen LogP contribution >= 0.6 is 23.2 Å². The molecular formula is C19H22Cl2N2O3. The van der Waals surface area contributed by atoms with Crippen LogP contribution in [-0.2, 0) is 11.3 Å². The molecule has 0 fully saturated rings. The second-order valence-electron chi connectivity index (χ2n) is 5.83. The van der Waals surface area contributed by atoms with E-state index in [0.29, 0.717) is 46.8 Å². The van der Waals surface area contributed by atoms with Crippen molar-refractivity contribution in [1.82, 2.24) is 9.78 Å². The van der Waals surface area contributed by atoms with Crippen LogP contribution in [0.25, 0.3) is 6.08 Å². The van der Waals surface area contributed by atoms with Gasteiger partial charge in [-0.05, 0) is 36.6 Å². The summed E-state index contributed by atoms with van der Waals surface area (Å²) in [5.41, 5.74) is 1.79. The lowest BCUT2D eigenvalue weighted by atomic mass is 10.1. The number of hydrogen-bond acceptors (Lipinski definition) is 3. The Morgan fingerprint density at radius 3 is 2.69 bits per heavy atom. The number of benzene rings is 1. The molecule has 0 radical (unpaired) electrons. The zero-order valence-corrected chi connectivity index (χ0v) is 16.3. The van der Waals surface area contributed by atoms with E-state index < -0.39 is 5.97 Å². The summed E-state index contributed by atoms with van der Waals surface area (Å²) < 4.78 is 7.36. The van der Waals surface area contributed by atoms with Gasteiger partial charge in [0.25, 0.3) is 0 Å². The number of carboxylic acid groups (broad SMARTS) is 1. The van der Waals surface area contributed by atoms with Gasteiger partial charge in [0.1, 0.15) is 0 Å². The van der Waals surface area contributed by atoms with E-state index in [2.05, 4.69) is 12.0 Å². The molecule has 5 nitrogen and oxygen atoms in total. The third kappa shape index (κ3) is 5.51. The summed E-state index contributed by atoms with van der Waals surface area (Å²) >= 11 is 12.2. The largest absolute Gasteiger partial charge is 0.478 e. The molecule has 0 saturated carbocycles. The summed E-state index contributed by atoms with van der Waals surface area (Å²) in [5, 5.41) is 14.8. The molecule has 0 bridgehead atoms. The maximum absolute atomic E-state index is 11.3. The number of halogens is 2. The third-order valence-electron chi connectivity index (χ3n) is 3.85. The molecule has 0 aliphatic rings. The number of unbranched alkanes of at least 4 members (excludes halogenated alkanes) is 1. The molecule has 2 rings (SSSR count). The van der Waals surface area contributed by atoms with E-state index in [1.165, 1.54) is 0 Å². The summed E-state index contributed by atoms with van der Waals surface area (Å²) in [5.74, 6) is -0.478. The second-order valence-corrected chi connectivity index (χ2v) is 6.67. The molecule has 1 aromatic carbocycles. The van der Waals surface area contributed by atoms with Crippen LogP contribution in [0, 0.1) is 0 Å². The molecular weight excluding hydrogens is 375 g/mol. The SMILES string of the molecule is CCCCOc1cc(/C=C(/CC)C(=O)O)n(Cc2ccc(Cl)cc2Cl)n1. The highest BCUT2D eigenvalue weighted by molar-refractivity contribution is 6.35. The average Bonchev–Trinajstić information content (AvgIpc) is 2.96. The molecule has 26 heavy (non-hydrogen) atoms. The minimum atomic E-state index is -0.946. The fourth-order valence-corrected chi connectivity index (χ4v) is 2.81. The number of nitrogens with zero attached hydrogens (tertiary/aromatic N) is 2. The van der Waals surface area contributed by atoms with Gasteiger partial charge in [0.2, 0.25) is 5.88 Å². The minimum Gasteiger partial charge on any atom is -0.478 e. The van der Waals surface area contributed by atoms with Crippen molar-refractivity contribution in [2.45, 2.75) is 39.7 Å². The van der Waals surface area contributed by atoms with Gasteiger partial charge in [-0.15, -0.1) is 5.10 Å². The maximum atomic E-state index is 11.3. The van der Waals surface area contributed by atoms with Crippen molar-refractivity contribution in [3.05, 3.63) is 51.1 Å². The maximum Gasteiger partial charge on any atom is 0.331 e. The summed E-state index contributed by atoms with van der Waals surface area (Å²) in [4.78, 5) is 11.3. The molecule has 1 heterocycles. The molecule has 0 aliphatic heterocycles. The van der Waals surface area contributed by atoms with Crippen LogP contribution in [-0.4, -0.2) is 27.5 Å². The molecule has 0 aliphatic carbocycles. The van der Waals surface area contributed by atoms with Gasteiger partial charge in [0.05, 0.1) is 18.8 Å². The Morgan fingerprint density at radius 1 is 1.31 bits per heavy atom. The highest BCUT2D eigenvalue weighted by atomic mass is 35.5. The monoisotopic (exact) mass is 396 g/mol. The molecule has 0 saturated heterocycles. The number of carboxylic acids is 1. The predicted octanol–water partition coefficient (Wildman–Crippen LogP) is 5.30. The molecule has 1 N–H and O–H groups in total. The molecule has 0 atom stereocenters. The molecule has 2 aromatic rings. The van der Waals surface area contributed by atoms with E-state index in [9.17, 15) is 9.90 Å². The van der Waals surface area contributed by atoms with Crippen LogP contribution in [0.3, 0.4) is 0 Å². The zero-order valence-electron chi connectivity index (χ0n) is 14.8. The number of rotatable bonds is 9. The van der Waals surface area contributed by atoms with Crippen molar-refractivity contribution in [3.63, 3.8) is 0 Å². The molecule has 0 spiro atoms. The fourth-order valence-electron chi connectivity index (χ4n) is 2.35. The van der Waals surface area contributed by atoms with Crippen LogP contribution in [0.5, 0.6) is 5.88 Å². The zero-order chi connectivity index (χ0) is 19.1. The Balaban J connectivity index is 2.36. The molecule has 1 aromatic heterocycles. The van der Waals surface area contributed by atoms with Crippen molar-refractivity contribution in [1.29, 1.82) is 0 Å². The summed E-state index contributed by atoms with van der Waals surface area (Å²) in [6.07, 6.45) is 3.98. The summed E-state index contributed by atoms with van der Waals surface area (Å²) in [6.45, 7) is 4.84. The van der Waals surface area contributed by atoms with E-state index in [4.69, 9.17) is 27.9 Å². The summed E-state index contributed by atoms with van der Waals surface area (Å²) in [7, 11) is 0. The van der Waals surface area contributed by atoms with Crippen molar-refractivity contribution >= 4 is 35.2 Å². The van der Waals surface area contributed by atoms with E-state index in [1.54, 1.807) is 35.9 Å². The Labute approximate surface area is 163 Å². The first kappa shape index (κ1) is 20.3. The van der Waals surface area contributed by atoms with Crippen molar-refractivity contribution < 1.29 is 14.6 Å². The van der Waals surface area contributed by atoms with Gasteiger partial charge in [-0.25, -0.2) is 4.79 Å². The Morgan fingerprint density at radius 2 is 2.08 bits per heavy atom. The number of aromatic nitrogens is 2. The first-order chi connectivity index (χ1) is 12.4. The van der Waals surface area contributed by atoms with Gasteiger partial charge in [-0.1, -0.05) is 49.5 Å². The first-order valence-corrected chi connectivity index (χ1v) is 9.28. The molecule has 140 valence electrons. The third-order valence-corrected chi connectivity index (χ3v) is 4.44. The standard InChI is InChI=1S/C19H22Cl2N2O3/c1-3-5-8-26-18-11-16(9-13(4-2)19(24)25)23(22-18)12-14-6-7-15(20)10-17(14)21/h6-7,9-11H,3-5,8,12H2,1-2H3,(H,24,25)/b13-9-. The Bertz CT molecular complexity index is 800. The van der Waals surface area contributed by atoms with Gasteiger partial charge >= 0.3 is 5.97 Å². The van der Waals surface area contributed by atoms with Crippen LogP contribution in [0.1, 0.15) is 44.4 Å². The number of hydrogen-bond donors (Lipinski definition) is 1. The van der Waals surface area contributed by atoms with Crippen molar-refractivity contribution in [3.8, 4) is 5.88 Å². The van der Waals surface area contributed by atoms with E-state index in [1.807, 2.05) is 6.07 Å². The van der Waals surface area contributed by atoms with Crippen LogP contribution < -0.4 is 4.74 Å². The van der Waals surface area contributed by atoms with Crippen LogP contribution in [0.2, 0.25) is 10.0 Å². The highest BCUT2D eigenvalue weighted by Gasteiger charge is 2.13. The lowest BCUT2D eigenvalue weighted by Crippen LogP contribution is -2.06. The minimum absolute atomic E-state index is 0.300. The van der Waals surface area contributed by atoms with Crippen LogP contribution in [0.15, 0.2) is 29.8 Å². The molecule has 7 heteroatoms. The smallest absolute Gasteiger partial charge is 0.331 e. The predicted molar refractivity (Wildman–Crippen MR) is 104 cm³/mol. The Hall–Kier alpha value is -1.98. The van der Waals surface area contributed by atoms with Gasteiger partial charge in [-0.2, -0.15) is 0 Å². The van der Waals surface area contributed by atoms with Gasteiger partial charge in [0.15, 0.2) is 0 Å². The van der Waals surface area contributed by atoms with E-state index in [0.717, 1.165) is 18.4 Å². The first-order valence-electron chi connectivity index (χ1n) is 8.53. The lowest BCUT2D eigenvalue weighted by molar-refractivity contribution is -0.132. The average molecular weight is 397 g/mol. The topological polar surface area (TPSA) is 64.3 Å². The second kappa shape index (κ2) is 9.64. The normalized spacial score (nSPS) is 11.6. The molecule has 0 unspecified atom stereocenters. The quantitative estimate of drug-likeness (QED) is 0.461. The van der Waals surface area contributed by atoms with Crippen LogP contribution in [0.4, 0.5) is 0 Å². The van der Waals surface area contributed by atoms with Gasteiger partial charge in [0, 0.05) is 21.7 Å². The van der Waals surface area contributed by atoms with E-state index in [-0.39, 0.29) is 0 Å². The van der Waals surface area contributed by atoms with E-state index >= 15 is 0 Å². The number of carbonyl (C=O) groups is 1. The highest BCUT2D eigenvalue weighted by Crippen LogP contribution is 2.24. The van der Waals surface area contributed by atoms with Gasteiger partial charge < -0.3 is 9.84 Å². The molecule has 0 amide bonds. The fraction of sp³-hybridized carbons (Fsp3) is 0.368. The van der Waals surface area contributed by atoms with Crippen molar-refractivity contribution in [2.75, 3.05) is 6.61 Å². The number of aliphatic carboxylic acids is 1.